The Morgan fingerprint density at radius 3 is 3.00 bits per heavy atom. The molecule has 0 aliphatic carbocycles. The van der Waals surface area contributed by atoms with Crippen molar-refractivity contribution < 1.29 is 0 Å². The summed E-state index contributed by atoms with van der Waals surface area (Å²) in [6.07, 6.45) is 1.32. The first-order chi connectivity index (χ1) is 6.78. The van der Waals surface area contributed by atoms with E-state index in [1.165, 1.54) is 19.5 Å². The van der Waals surface area contributed by atoms with Gasteiger partial charge in [-0.1, -0.05) is 18.3 Å². The topological polar surface area (TPSA) is 41.1 Å². The molecule has 78 valence electrons. The van der Waals surface area contributed by atoms with E-state index in [-0.39, 0.29) is 0 Å². The molecular weight excluding hydrogens is 196 g/mol. The second kappa shape index (κ2) is 4.23. The van der Waals surface area contributed by atoms with Crippen LogP contribution in [0.15, 0.2) is 0 Å². The molecule has 1 aliphatic rings. The molecule has 2 heterocycles. The average molecular weight is 212 g/mol. The van der Waals surface area contributed by atoms with Crippen molar-refractivity contribution in [2.45, 2.75) is 19.9 Å². The van der Waals surface area contributed by atoms with Gasteiger partial charge in [0.2, 0.25) is 5.13 Å². The lowest BCUT2D eigenvalue weighted by Gasteiger charge is -2.11. The summed E-state index contributed by atoms with van der Waals surface area (Å²) in [6, 6.07) is 0. The summed E-state index contributed by atoms with van der Waals surface area (Å²) in [5.74, 6) is 0.840. The Bertz CT molecular complexity index is 299. The molecule has 5 heteroatoms. The standard InChI is InChI=1S/C9H16N4S/c1-7-3-4-13(5-7)6-8-11-12-9(10-2)14-8/h7H,3-6H2,1-2H3,(H,10,12). The molecule has 0 bridgehead atoms. The van der Waals surface area contributed by atoms with Gasteiger partial charge in [-0.05, 0) is 18.9 Å². The summed E-state index contributed by atoms with van der Waals surface area (Å²) < 4.78 is 0. The van der Waals surface area contributed by atoms with E-state index < -0.39 is 0 Å². The van der Waals surface area contributed by atoms with Crippen molar-refractivity contribution >= 4 is 16.5 Å². The van der Waals surface area contributed by atoms with Crippen LogP contribution in [-0.2, 0) is 6.54 Å². The summed E-state index contributed by atoms with van der Waals surface area (Å²) in [4.78, 5) is 2.45. The maximum Gasteiger partial charge on any atom is 0.205 e. The molecule has 1 aromatic heterocycles. The Hall–Kier alpha value is -0.680. The zero-order valence-electron chi connectivity index (χ0n) is 8.66. The number of nitrogens with zero attached hydrogens (tertiary/aromatic N) is 3. The van der Waals surface area contributed by atoms with E-state index in [0.29, 0.717) is 0 Å². The van der Waals surface area contributed by atoms with Crippen LogP contribution in [0.4, 0.5) is 5.13 Å². The minimum Gasteiger partial charge on any atom is -0.363 e. The van der Waals surface area contributed by atoms with Crippen LogP contribution in [0.2, 0.25) is 0 Å². The van der Waals surface area contributed by atoms with E-state index in [2.05, 4.69) is 27.3 Å². The van der Waals surface area contributed by atoms with Gasteiger partial charge in [-0.3, -0.25) is 4.90 Å². The molecule has 0 spiro atoms. The van der Waals surface area contributed by atoms with E-state index in [9.17, 15) is 0 Å². The molecule has 0 aromatic carbocycles. The Kier molecular flexibility index (Phi) is 2.98. The minimum absolute atomic E-state index is 0.840. The maximum absolute atomic E-state index is 4.14. The van der Waals surface area contributed by atoms with Gasteiger partial charge >= 0.3 is 0 Å². The highest BCUT2D eigenvalue weighted by atomic mass is 32.1. The Morgan fingerprint density at radius 1 is 1.57 bits per heavy atom. The van der Waals surface area contributed by atoms with Gasteiger partial charge in [0, 0.05) is 13.6 Å². The van der Waals surface area contributed by atoms with Crippen molar-refractivity contribution in [1.82, 2.24) is 15.1 Å². The first-order valence-corrected chi connectivity index (χ1v) is 5.82. The van der Waals surface area contributed by atoms with Crippen molar-refractivity contribution in [3.05, 3.63) is 5.01 Å². The van der Waals surface area contributed by atoms with Gasteiger partial charge in [0.05, 0.1) is 6.54 Å². The van der Waals surface area contributed by atoms with Crippen LogP contribution >= 0.6 is 11.3 Å². The summed E-state index contributed by atoms with van der Waals surface area (Å²) in [7, 11) is 1.88. The predicted molar refractivity (Wildman–Crippen MR) is 58.5 cm³/mol. The van der Waals surface area contributed by atoms with Crippen molar-refractivity contribution in [3.63, 3.8) is 0 Å². The lowest BCUT2D eigenvalue weighted by Crippen LogP contribution is -2.19. The van der Waals surface area contributed by atoms with E-state index in [1.54, 1.807) is 11.3 Å². The SMILES string of the molecule is CNc1nnc(CN2CCC(C)C2)s1. The number of likely N-dealkylation sites (tertiary alicyclic amines) is 1. The van der Waals surface area contributed by atoms with E-state index >= 15 is 0 Å². The molecular formula is C9H16N4S. The third kappa shape index (κ3) is 2.22. The smallest absolute Gasteiger partial charge is 0.205 e. The number of rotatable bonds is 3. The minimum atomic E-state index is 0.840. The van der Waals surface area contributed by atoms with Gasteiger partial charge < -0.3 is 5.32 Å². The van der Waals surface area contributed by atoms with Crippen LogP contribution in [0, 0.1) is 5.92 Å². The first-order valence-electron chi connectivity index (χ1n) is 5.00. The normalized spacial score (nSPS) is 22.9. The van der Waals surface area contributed by atoms with E-state index in [0.717, 1.165) is 22.6 Å². The summed E-state index contributed by atoms with van der Waals surface area (Å²) in [5, 5.41) is 13.2. The third-order valence-corrected chi connectivity index (χ3v) is 3.47. The summed E-state index contributed by atoms with van der Waals surface area (Å²) in [5.41, 5.74) is 0. The quantitative estimate of drug-likeness (QED) is 0.822. The second-order valence-electron chi connectivity index (χ2n) is 3.88. The van der Waals surface area contributed by atoms with Crippen molar-refractivity contribution in [2.75, 3.05) is 25.5 Å². The number of hydrogen-bond acceptors (Lipinski definition) is 5. The second-order valence-corrected chi connectivity index (χ2v) is 4.94. The molecule has 1 aromatic rings. The van der Waals surface area contributed by atoms with Crippen LogP contribution < -0.4 is 5.32 Å². The maximum atomic E-state index is 4.14. The molecule has 1 fully saturated rings. The highest BCUT2D eigenvalue weighted by Crippen LogP contribution is 2.20. The summed E-state index contributed by atoms with van der Waals surface area (Å²) in [6.45, 7) is 5.67. The van der Waals surface area contributed by atoms with E-state index in [1.807, 2.05) is 7.05 Å². The van der Waals surface area contributed by atoms with Crippen LogP contribution in [0.1, 0.15) is 18.4 Å². The Balaban J connectivity index is 1.90. The Morgan fingerprint density at radius 2 is 2.43 bits per heavy atom. The van der Waals surface area contributed by atoms with Gasteiger partial charge in [-0.25, -0.2) is 0 Å². The number of aromatic nitrogens is 2. The van der Waals surface area contributed by atoms with Gasteiger partial charge in [-0.15, -0.1) is 10.2 Å². The molecule has 1 saturated heterocycles. The average Bonchev–Trinajstić information content (AvgIpc) is 2.76. The van der Waals surface area contributed by atoms with Gasteiger partial charge in [0.1, 0.15) is 5.01 Å². The highest BCUT2D eigenvalue weighted by Gasteiger charge is 2.19. The predicted octanol–water partition coefficient (Wildman–Crippen LogP) is 1.42. The monoisotopic (exact) mass is 212 g/mol. The van der Waals surface area contributed by atoms with E-state index in [4.69, 9.17) is 0 Å². The molecule has 1 aliphatic heterocycles. The molecule has 4 nitrogen and oxygen atoms in total. The molecule has 0 amide bonds. The van der Waals surface area contributed by atoms with Crippen LogP contribution in [-0.4, -0.2) is 35.2 Å². The molecule has 1 unspecified atom stereocenters. The van der Waals surface area contributed by atoms with Crippen molar-refractivity contribution in [1.29, 1.82) is 0 Å². The molecule has 2 rings (SSSR count). The number of nitrogens with one attached hydrogen (secondary N) is 1. The highest BCUT2D eigenvalue weighted by molar-refractivity contribution is 7.15. The fourth-order valence-corrected chi connectivity index (χ4v) is 2.52. The van der Waals surface area contributed by atoms with Crippen LogP contribution in [0.25, 0.3) is 0 Å². The zero-order chi connectivity index (χ0) is 9.97. The lowest BCUT2D eigenvalue weighted by molar-refractivity contribution is 0.319. The number of anilines is 1. The Labute approximate surface area is 88.3 Å². The van der Waals surface area contributed by atoms with Crippen LogP contribution in [0.3, 0.4) is 0 Å². The van der Waals surface area contributed by atoms with Gasteiger partial charge in [-0.2, -0.15) is 0 Å². The number of hydrogen-bond donors (Lipinski definition) is 1. The fraction of sp³-hybridized carbons (Fsp3) is 0.778. The summed E-state index contributed by atoms with van der Waals surface area (Å²) >= 11 is 1.65. The van der Waals surface area contributed by atoms with Gasteiger partial charge in [0.25, 0.3) is 0 Å². The molecule has 1 atom stereocenters. The zero-order valence-corrected chi connectivity index (χ0v) is 9.47. The van der Waals surface area contributed by atoms with Gasteiger partial charge in [0.15, 0.2) is 0 Å². The molecule has 14 heavy (non-hydrogen) atoms. The fourth-order valence-electron chi connectivity index (χ4n) is 1.78. The molecule has 0 saturated carbocycles. The lowest BCUT2D eigenvalue weighted by atomic mass is 10.2. The first kappa shape index (κ1) is 9.86. The van der Waals surface area contributed by atoms with Crippen molar-refractivity contribution in [3.8, 4) is 0 Å². The molecule has 1 N–H and O–H groups in total. The molecule has 0 radical (unpaired) electrons. The van der Waals surface area contributed by atoms with Crippen LogP contribution in [0.5, 0.6) is 0 Å². The largest absolute Gasteiger partial charge is 0.363 e. The van der Waals surface area contributed by atoms with Crippen molar-refractivity contribution in [2.24, 2.45) is 5.92 Å². The third-order valence-electron chi connectivity index (χ3n) is 2.55.